The highest BCUT2D eigenvalue weighted by atomic mass is 19.4. The van der Waals surface area contributed by atoms with E-state index in [2.05, 4.69) is 10.6 Å². The molecule has 0 aliphatic rings. The highest BCUT2D eigenvalue weighted by Crippen LogP contribution is 2.45. The van der Waals surface area contributed by atoms with Gasteiger partial charge < -0.3 is 20.8 Å². The Morgan fingerprint density at radius 3 is 1.48 bits per heavy atom. The first-order valence-electron chi connectivity index (χ1n) is 16.7. The number of carbonyl (C=O) groups is 4. The number of rotatable bonds is 11. The molecule has 14 heteroatoms. The van der Waals surface area contributed by atoms with E-state index in [4.69, 9.17) is 0 Å². The van der Waals surface area contributed by atoms with E-state index in [0.29, 0.717) is 12.5 Å². The van der Waals surface area contributed by atoms with Crippen LogP contribution >= 0.6 is 0 Å². The van der Waals surface area contributed by atoms with Gasteiger partial charge in [0.2, 0.25) is 0 Å². The number of ketones is 1. The molecule has 0 heterocycles. The number of carbonyl (C=O) groups excluding carboxylic acids is 2. The van der Waals surface area contributed by atoms with Crippen LogP contribution in [0, 0.1) is 5.41 Å². The molecule has 286 valence electrons. The third-order valence-corrected chi connectivity index (χ3v) is 8.56. The normalized spacial score (nSPS) is 12.3. The van der Waals surface area contributed by atoms with Gasteiger partial charge in [-0.3, -0.25) is 9.59 Å². The van der Waals surface area contributed by atoms with E-state index in [-0.39, 0.29) is 27.9 Å². The van der Waals surface area contributed by atoms with Crippen LogP contribution in [0.4, 0.5) is 37.7 Å². The average Bonchev–Trinajstić information content (AvgIpc) is 3.05. The van der Waals surface area contributed by atoms with E-state index in [1.165, 1.54) is 30.3 Å². The van der Waals surface area contributed by atoms with Crippen LogP contribution in [0.15, 0.2) is 72.8 Å². The van der Waals surface area contributed by atoms with Crippen LogP contribution in [0.3, 0.4) is 0 Å². The largest absolute Gasteiger partial charge is 0.478 e. The minimum Gasteiger partial charge on any atom is -0.478 e. The Kier molecular flexibility index (Phi) is 11.4. The first-order chi connectivity index (χ1) is 24.8. The zero-order chi connectivity index (χ0) is 40.6. The SMILES string of the molecule is CCCC(C)(C)Nc1ccc(-c2ccc(NC(=O)c3cc(-c4ccc(C(=O)O)c(C(=O)C(C)(C)C)c4)ccc3C(=O)O)cc2C(F)(F)F)c(C(F)(F)F)c1. The number of Topliss-reactive ketones (excluding diaryl/α,β-unsaturated/α-hetero) is 1. The molecule has 0 fully saturated rings. The molecule has 0 saturated carbocycles. The van der Waals surface area contributed by atoms with Gasteiger partial charge in [-0.05, 0) is 91.1 Å². The van der Waals surface area contributed by atoms with Gasteiger partial charge in [-0.2, -0.15) is 26.3 Å². The van der Waals surface area contributed by atoms with Crippen LogP contribution < -0.4 is 10.6 Å². The Balaban J connectivity index is 1.79. The van der Waals surface area contributed by atoms with E-state index in [1.807, 2.05) is 6.92 Å². The zero-order valence-electron chi connectivity index (χ0n) is 30.1. The average molecular weight is 757 g/mol. The van der Waals surface area contributed by atoms with Crippen molar-refractivity contribution < 1.29 is 55.7 Å². The molecule has 8 nitrogen and oxygen atoms in total. The second-order valence-corrected chi connectivity index (χ2v) is 14.4. The van der Waals surface area contributed by atoms with Gasteiger partial charge in [0.1, 0.15) is 0 Å². The van der Waals surface area contributed by atoms with Crippen molar-refractivity contribution in [1.82, 2.24) is 0 Å². The van der Waals surface area contributed by atoms with Crippen molar-refractivity contribution in [1.29, 1.82) is 0 Å². The summed E-state index contributed by atoms with van der Waals surface area (Å²) < 4.78 is 86.5. The maximum Gasteiger partial charge on any atom is 0.417 e. The summed E-state index contributed by atoms with van der Waals surface area (Å²) in [6.45, 7) is 10.2. The molecule has 54 heavy (non-hydrogen) atoms. The fraction of sp³-hybridized carbons (Fsp3) is 0.300. The number of anilines is 2. The van der Waals surface area contributed by atoms with Crippen molar-refractivity contribution in [3.63, 3.8) is 0 Å². The molecule has 0 atom stereocenters. The first-order valence-corrected chi connectivity index (χ1v) is 16.7. The van der Waals surface area contributed by atoms with Crippen molar-refractivity contribution in [3.8, 4) is 22.3 Å². The second-order valence-electron chi connectivity index (χ2n) is 14.4. The Morgan fingerprint density at radius 2 is 1.04 bits per heavy atom. The fourth-order valence-corrected chi connectivity index (χ4v) is 6.06. The van der Waals surface area contributed by atoms with Crippen LogP contribution in [0.25, 0.3) is 22.3 Å². The summed E-state index contributed by atoms with van der Waals surface area (Å²) >= 11 is 0. The number of aromatic carboxylic acids is 2. The van der Waals surface area contributed by atoms with Crippen LogP contribution in [0.5, 0.6) is 0 Å². The molecular formula is C40H38F6N2O6. The van der Waals surface area contributed by atoms with E-state index in [9.17, 15) is 55.7 Å². The van der Waals surface area contributed by atoms with E-state index in [1.54, 1.807) is 34.6 Å². The molecular weight excluding hydrogens is 718 g/mol. The lowest BCUT2D eigenvalue weighted by atomic mass is 9.83. The minimum atomic E-state index is -5.19. The van der Waals surface area contributed by atoms with Gasteiger partial charge in [-0.25, -0.2) is 9.59 Å². The molecule has 4 rings (SSSR count). The van der Waals surface area contributed by atoms with Gasteiger partial charge in [0, 0.05) is 27.9 Å². The summed E-state index contributed by atoms with van der Waals surface area (Å²) in [6, 6.07) is 12.5. The van der Waals surface area contributed by atoms with E-state index < -0.39 is 86.0 Å². The Morgan fingerprint density at radius 1 is 0.593 bits per heavy atom. The van der Waals surface area contributed by atoms with Crippen molar-refractivity contribution in [3.05, 3.63) is 106 Å². The number of amides is 1. The Hall–Kier alpha value is -5.66. The number of hydrogen-bond donors (Lipinski definition) is 4. The molecule has 4 aromatic rings. The minimum absolute atomic E-state index is 0.0632. The van der Waals surface area contributed by atoms with Gasteiger partial charge in [0.25, 0.3) is 5.91 Å². The van der Waals surface area contributed by atoms with Crippen LogP contribution in [0.2, 0.25) is 0 Å². The van der Waals surface area contributed by atoms with Crippen LogP contribution in [0.1, 0.15) is 107 Å². The summed E-state index contributed by atoms with van der Waals surface area (Å²) in [5.74, 6) is -4.59. The van der Waals surface area contributed by atoms with Crippen molar-refractivity contribution in [2.45, 2.75) is 72.3 Å². The quantitative estimate of drug-likeness (QED) is 0.0884. The standard InChI is InChI=1S/C40H38F6N2O6/c1-7-16-38(5,6)48-24-11-15-26(32(20-24)40(44,45)46)25-14-10-23(19-31(25)39(41,42)43)47-34(50)30-18-22(9-13-28(30)36(53)54)21-8-12-27(35(51)52)29(17-21)33(49)37(2,3)4/h8-15,17-20,48H,7,16H2,1-6H3,(H,47,50)(H,51,52)(H,53,54). The summed E-state index contributed by atoms with van der Waals surface area (Å²) in [5.41, 5.74) is -7.41. The molecule has 0 radical (unpaired) electrons. The number of carboxylic acid groups (broad SMARTS) is 2. The van der Waals surface area contributed by atoms with E-state index in [0.717, 1.165) is 42.8 Å². The number of nitrogens with one attached hydrogen (secondary N) is 2. The fourth-order valence-electron chi connectivity index (χ4n) is 6.06. The molecule has 0 bridgehead atoms. The van der Waals surface area contributed by atoms with Gasteiger partial charge in [0.15, 0.2) is 5.78 Å². The lowest BCUT2D eigenvalue weighted by Crippen LogP contribution is -2.30. The number of halogens is 6. The topological polar surface area (TPSA) is 133 Å². The Bertz CT molecular complexity index is 2130. The van der Waals surface area contributed by atoms with Crippen molar-refractivity contribution in [2.24, 2.45) is 5.41 Å². The first kappa shape index (κ1) is 41.1. The maximum absolute atomic E-state index is 14.5. The molecule has 4 N–H and O–H groups in total. The van der Waals surface area contributed by atoms with Gasteiger partial charge in [-0.1, -0.05) is 58.4 Å². The van der Waals surface area contributed by atoms with Crippen molar-refractivity contribution >= 4 is 35.0 Å². The Labute approximate surface area is 307 Å². The zero-order valence-corrected chi connectivity index (χ0v) is 30.1. The lowest BCUT2D eigenvalue weighted by Gasteiger charge is -2.28. The third kappa shape index (κ3) is 9.28. The van der Waals surface area contributed by atoms with Gasteiger partial charge in [-0.15, -0.1) is 0 Å². The van der Waals surface area contributed by atoms with Crippen LogP contribution in [-0.2, 0) is 12.4 Å². The molecule has 0 aliphatic carbocycles. The third-order valence-electron chi connectivity index (χ3n) is 8.56. The van der Waals surface area contributed by atoms with Gasteiger partial charge >= 0.3 is 24.3 Å². The molecule has 0 aromatic heterocycles. The molecule has 1 amide bonds. The van der Waals surface area contributed by atoms with Crippen molar-refractivity contribution in [2.75, 3.05) is 10.6 Å². The molecule has 0 aliphatic heterocycles. The number of alkyl halides is 6. The smallest absolute Gasteiger partial charge is 0.417 e. The summed E-state index contributed by atoms with van der Waals surface area (Å²) in [5, 5.41) is 24.7. The molecule has 0 spiro atoms. The lowest BCUT2D eigenvalue weighted by molar-refractivity contribution is -0.139. The summed E-state index contributed by atoms with van der Waals surface area (Å²) in [7, 11) is 0. The predicted octanol–water partition coefficient (Wildman–Crippen LogP) is 10.9. The number of benzene rings is 4. The molecule has 0 saturated heterocycles. The highest BCUT2D eigenvalue weighted by Gasteiger charge is 2.39. The second kappa shape index (κ2) is 15.0. The highest BCUT2D eigenvalue weighted by molar-refractivity contribution is 6.12. The summed E-state index contributed by atoms with van der Waals surface area (Å²) in [6.07, 6.45) is -8.88. The predicted molar refractivity (Wildman–Crippen MR) is 192 cm³/mol. The monoisotopic (exact) mass is 756 g/mol. The number of carboxylic acids is 2. The molecule has 4 aromatic carbocycles. The summed E-state index contributed by atoms with van der Waals surface area (Å²) in [4.78, 5) is 50.6. The number of hydrogen-bond acceptors (Lipinski definition) is 5. The van der Waals surface area contributed by atoms with E-state index >= 15 is 0 Å². The van der Waals surface area contributed by atoms with Crippen LogP contribution in [-0.4, -0.2) is 39.4 Å². The van der Waals surface area contributed by atoms with Gasteiger partial charge in [0.05, 0.1) is 27.8 Å². The molecule has 0 unspecified atom stereocenters. The maximum atomic E-state index is 14.5.